The Kier molecular flexibility index (Phi) is 2.49. The Bertz CT molecular complexity index is 415. The van der Waals surface area contributed by atoms with Crippen molar-refractivity contribution in [3.63, 3.8) is 0 Å². The van der Waals surface area contributed by atoms with Crippen molar-refractivity contribution in [3.8, 4) is 0 Å². The summed E-state index contributed by atoms with van der Waals surface area (Å²) in [5, 5.41) is 4.38. The first-order valence-electron chi connectivity index (χ1n) is 5.21. The molecule has 1 aliphatic rings. The lowest BCUT2D eigenvalue weighted by Gasteiger charge is -2.14. The van der Waals surface area contributed by atoms with Gasteiger partial charge in [0.25, 0.3) is 0 Å². The highest BCUT2D eigenvalue weighted by atomic mass is 79.9. The first-order valence-corrected chi connectivity index (χ1v) is 6.00. The molecule has 0 radical (unpaired) electrons. The number of rotatable bonds is 1. The monoisotopic (exact) mass is 270 g/mol. The van der Waals surface area contributed by atoms with Gasteiger partial charge in [0.05, 0.1) is 10.2 Å². The maximum absolute atomic E-state index is 12.1. The molecule has 0 saturated carbocycles. The summed E-state index contributed by atoms with van der Waals surface area (Å²) in [5.41, 5.74) is 1.40. The molecular formula is C11H15BrN2O. The second-order valence-electron chi connectivity index (χ2n) is 5.02. The molecule has 82 valence electrons. The van der Waals surface area contributed by atoms with Crippen LogP contribution in [0.25, 0.3) is 0 Å². The molecule has 1 aromatic rings. The molecule has 2 rings (SSSR count). The number of aromatic nitrogens is 2. The molecular weight excluding hydrogens is 256 g/mol. The van der Waals surface area contributed by atoms with Crippen molar-refractivity contribution in [2.45, 2.75) is 40.2 Å². The summed E-state index contributed by atoms with van der Waals surface area (Å²) in [6, 6.07) is 0. The summed E-state index contributed by atoms with van der Waals surface area (Å²) < 4.78 is 2.85. The number of hydrogen-bond donors (Lipinski definition) is 0. The van der Waals surface area contributed by atoms with E-state index in [1.54, 1.807) is 0 Å². The number of fused-ring (bicyclic) bond motifs is 1. The van der Waals surface area contributed by atoms with Gasteiger partial charge in [-0.1, -0.05) is 20.8 Å². The summed E-state index contributed by atoms with van der Waals surface area (Å²) >= 11 is 3.49. The minimum absolute atomic E-state index is 0.108. The van der Waals surface area contributed by atoms with Crippen LogP contribution in [0, 0.1) is 5.41 Å². The standard InChI is InChI=1S/C11H15BrN2O/c1-11(2,3)10(15)9-8(12)7-5-4-6-14(7)13-9/h4-6H2,1-3H3. The Hall–Kier alpha value is -0.640. The van der Waals surface area contributed by atoms with Crippen LogP contribution in [0.15, 0.2) is 4.47 Å². The van der Waals surface area contributed by atoms with Crippen molar-refractivity contribution in [1.82, 2.24) is 9.78 Å². The van der Waals surface area contributed by atoms with Gasteiger partial charge in [0.2, 0.25) is 0 Å². The summed E-state index contributed by atoms with van der Waals surface area (Å²) in [6.45, 7) is 6.70. The van der Waals surface area contributed by atoms with E-state index in [0.29, 0.717) is 5.69 Å². The molecule has 0 N–H and O–H groups in total. The average Bonchev–Trinajstić information content (AvgIpc) is 2.66. The summed E-state index contributed by atoms with van der Waals surface area (Å²) in [5.74, 6) is 0.108. The predicted molar refractivity (Wildman–Crippen MR) is 62.0 cm³/mol. The molecule has 0 fully saturated rings. The van der Waals surface area contributed by atoms with Crippen molar-refractivity contribution in [2.24, 2.45) is 5.41 Å². The van der Waals surface area contributed by atoms with Gasteiger partial charge in [0.1, 0.15) is 5.69 Å². The van der Waals surface area contributed by atoms with Crippen molar-refractivity contribution in [3.05, 3.63) is 15.9 Å². The normalized spacial score (nSPS) is 15.5. The van der Waals surface area contributed by atoms with Crippen LogP contribution in [0.5, 0.6) is 0 Å². The van der Waals surface area contributed by atoms with Crippen LogP contribution in [0.2, 0.25) is 0 Å². The van der Waals surface area contributed by atoms with E-state index in [9.17, 15) is 4.79 Å². The topological polar surface area (TPSA) is 34.9 Å². The lowest BCUT2D eigenvalue weighted by atomic mass is 9.89. The summed E-state index contributed by atoms with van der Waals surface area (Å²) in [7, 11) is 0. The lowest BCUT2D eigenvalue weighted by Crippen LogP contribution is -2.21. The zero-order valence-corrected chi connectivity index (χ0v) is 10.9. The minimum Gasteiger partial charge on any atom is -0.292 e. The van der Waals surface area contributed by atoms with Gasteiger partial charge in [-0.3, -0.25) is 9.48 Å². The minimum atomic E-state index is -0.363. The van der Waals surface area contributed by atoms with Gasteiger partial charge in [-0.05, 0) is 28.8 Å². The third kappa shape index (κ3) is 1.75. The van der Waals surface area contributed by atoms with E-state index < -0.39 is 0 Å². The Morgan fingerprint density at radius 1 is 1.47 bits per heavy atom. The second kappa shape index (κ2) is 3.44. The maximum Gasteiger partial charge on any atom is 0.189 e. The molecule has 0 spiro atoms. The molecule has 15 heavy (non-hydrogen) atoms. The van der Waals surface area contributed by atoms with E-state index in [0.717, 1.165) is 23.9 Å². The number of nitrogens with zero attached hydrogens (tertiary/aromatic N) is 2. The van der Waals surface area contributed by atoms with E-state index in [1.165, 1.54) is 5.69 Å². The number of aryl methyl sites for hydroxylation is 1. The first-order chi connectivity index (χ1) is 6.91. The SMILES string of the molecule is CC(C)(C)C(=O)c1nn2c(c1Br)CCC2. The van der Waals surface area contributed by atoms with E-state index >= 15 is 0 Å². The van der Waals surface area contributed by atoms with Gasteiger partial charge in [-0.25, -0.2) is 0 Å². The molecule has 0 aliphatic carbocycles. The summed E-state index contributed by atoms with van der Waals surface area (Å²) in [6.07, 6.45) is 2.15. The van der Waals surface area contributed by atoms with Crippen LogP contribution in [-0.4, -0.2) is 15.6 Å². The van der Waals surface area contributed by atoms with Crippen LogP contribution < -0.4 is 0 Å². The molecule has 0 unspecified atom stereocenters. The van der Waals surface area contributed by atoms with Crippen molar-refractivity contribution < 1.29 is 4.79 Å². The fourth-order valence-corrected chi connectivity index (χ4v) is 2.46. The van der Waals surface area contributed by atoms with Gasteiger partial charge in [-0.2, -0.15) is 5.10 Å². The average molecular weight is 271 g/mol. The van der Waals surface area contributed by atoms with Crippen molar-refractivity contribution >= 4 is 21.7 Å². The van der Waals surface area contributed by atoms with Gasteiger partial charge in [0, 0.05) is 12.0 Å². The Morgan fingerprint density at radius 2 is 2.13 bits per heavy atom. The number of carbonyl (C=O) groups is 1. The highest BCUT2D eigenvalue weighted by molar-refractivity contribution is 9.10. The quantitative estimate of drug-likeness (QED) is 0.736. The predicted octanol–water partition coefficient (Wildman–Crippen LogP) is 2.82. The Morgan fingerprint density at radius 3 is 2.67 bits per heavy atom. The van der Waals surface area contributed by atoms with Gasteiger partial charge in [-0.15, -0.1) is 0 Å². The zero-order valence-electron chi connectivity index (χ0n) is 9.30. The molecule has 0 aromatic carbocycles. The third-order valence-electron chi connectivity index (χ3n) is 2.67. The fourth-order valence-electron chi connectivity index (χ4n) is 1.80. The van der Waals surface area contributed by atoms with Crippen LogP contribution in [0.1, 0.15) is 43.4 Å². The molecule has 2 heterocycles. The maximum atomic E-state index is 12.1. The van der Waals surface area contributed by atoms with E-state index in [2.05, 4.69) is 21.0 Å². The van der Waals surface area contributed by atoms with Crippen molar-refractivity contribution in [1.29, 1.82) is 0 Å². The molecule has 4 heteroatoms. The van der Waals surface area contributed by atoms with Crippen molar-refractivity contribution in [2.75, 3.05) is 0 Å². The van der Waals surface area contributed by atoms with Gasteiger partial charge >= 0.3 is 0 Å². The summed E-state index contributed by atoms with van der Waals surface area (Å²) in [4.78, 5) is 12.1. The number of carbonyl (C=O) groups excluding carboxylic acids is 1. The Balaban J connectivity index is 2.43. The first kappa shape index (κ1) is 10.9. The van der Waals surface area contributed by atoms with Gasteiger partial charge in [0.15, 0.2) is 5.78 Å². The highest BCUT2D eigenvalue weighted by Crippen LogP contribution is 2.31. The molecule has 0 bridgehead atoms. The largest absolute Gasteiger partial charge is 0.292 e. The van der Waals surface area contributed by atoms with Crippen LogP contribution >= 0.6 is 15.9 Å². The lowest BCUT2D eigenvalue weighted by molar-refractivity contribution is 0.0851. The number of hydrogen-bond acceptors (Lipinski definition) is 2. The molecule has 0 amide bonds. The highest BCUT2D eigenvalue weighted by Gasteiger charge is 2.30. The molecule has 1 aliphatic heterocycles. The van der Waals surface area contributed by atoms with Gasteiger partial charge < -0.3 is 0 Å². The number of ketones is 1. The van der Waals surface area contributed by atoms with Crippen LogP contribution in [-0.2, 0) is 13.0 Å². The second-order valence-corrected chi connectivity index (χ2v) is 5.81. The number of Topliss-reactive ketones (excluding diaryl/α,β-unsaturated/α-hetero) is 1. The molecule has 3 nitrogen and oxygen atoms in total. The van der Waals surface area contributed by atoms with E-state index in [-0.39, 0.29) is 11.2 Å². The fraction of sp³-hybridized carbons (Fsp3) is 0.636. The molecule has 1 aromatic heterocycles. The zero-order chi connectivity index (χ0) is 11.2. The third-order valence-corrected chi connectivity index (χ3v) is 3.51. The number of halogens is 1. The smallest absolute Gasteiger partial charge is 0.189 e. The van der Waals surface area contributed by atoms with Crippen LogP contribution in [0.4, 0.5) is 0 Å². The molecule has 0 atom stereocenters. The van der Waals surface area contributed by atoms with Crippen LogP contribution in [0.3, 0.4) is 0 Å². The van der Waals surface area contributed by atoms with E-state index in [4.69, 9.17) is 0 Å². The van der Waals surface area contributed by atoms with E-state index in [1.807, 2.05) is 25.5 Å². The Labute approximate surface area is 98.0 Å². The molecule has 0 saturated heterocycles.